The number of methoxy groups -OCH3 is 3. The summed E-state index contributed by atoms with van der Waals surface area (Å²) < 4.78 is 28.9. The van der Waals surface area contributed by atoms with Gasteiger partial charge in [0.2, 0.25) is 6.41 Å². The predicted molar refractivity (Wildman–Crippen MR) is 218 cm³/mol. The first-order valence-electron chi connectivity index (χ1n) is 18.5. The second kappa shape index (κ2) is 16.8. The molecule has 0 radical (unpaired) electrons. The average Bonchev–Trinajstić information content (AvgIpc) is 3.84. The number of hydrogen-bond donors (Lipinski definition) is 1. The number of nitrogens with zero attached hydrogens (tertiary/aromatic N) is 4. The van der Waals surface area contributed by atoms with Gasteiger partial charge in [-0.15, -0.1) is 0 Å². The molecule has 4 aromatic carbocycles. The smallest absolute Gasteiger partial charge is 0.260 e. The summed E-state index contributed by atoms with van der Waals surface area (Å²) in [5.74, 6) is 2.71. The normalized spacial score (nSPS) is 17.2. The molecule has 0 fully saturated rings. The fraction of sp³-hybridized carbons (Fsp3) is 0.273. The molecule has 0 bridgehead atoms. The zero-order valence-electron chi connectivity index (χ0n) is 32.2. The topological polar surface area (TPSA) is 124 Å². The van der Waals surface area contributed by atoms with Crippen LogP contribution < -0.4 is 29.0 Å². The number of aliphatic imine (C=N–C) groups is 2. The van der Waals surface area contributed by atoms with Gasteiger partial charge in [0.25, 0.3) is 5.91 Å². The molecule has 0 aromatic heterocycles. The molecule has 7 rings (SSSR count). The van der Waals surface area contributed by atoms with Crippen molar-refractivity contribution in [3.05, 3.63) is 107 Å². The molecule has 12 heteroatoms. The first-order chi connectivity index (χ1) is 27.3. The van der Waals surface area contributed by atoms with Crippen molar-refractivity contribution in [2.24, 2.45) is 9.98 Å². The minimum absolute atomic E-state index is 0.141. The quantitative estimate of drug-likeness (QED) is 0.0740. The number of ether oxygens (including phenoxy) is 5. The van der Waals surface area contributed by atoms with Crippen LogP contribution in [0.25, 0.3) is 11.1 Å². The first kappa shape index (κ1) is 37.7. The summed E-state index contributed by atoms with van der Waals surface area (Å²) in [5.41, 5.74) is 7.84. The van der Waals surface area contributed by atoms with E-state index in [2.05, 4.69) is 17.4 Å². The van der Waals surface area contributed by atoms with Gasteiger partial charge in [0.05, 0.1) is 63.6 Å². The third kappa shape index (κ3) is 7.95. The number of carbonyl (C=O) groups is 2. The van der Waals surface area contributed by atoms with E-state index in [4.69, 9.17) is 33.7 Å². The number of nitrogens with one attached hydrogen (secondary N) is 1. The molecule has 56 heavy (non-hydrogen) atoms. The highest BCUT2D eigenvalue weighted by Crippen LogP contribution is 2.40. The molecular weight excluding hydrogens is 711 g/mol. The predicted octanol–water partition coefficient (Wildman–Crippen LogP) is 7.86. The number of rotatable bonds is 15. The van der Waals surface area contributed by atoms with Gasteiger partial charge in [-0.05, 0) is 71.2 Å². The summed E-state index contributed by atoms with van der Waals surface area (Å²) >= 11 is 0. The molecule has 0 spiro atoms. The van der Waals surface area contributed by atoms with Gasteiger partial charge in [0.1, 0.15) is 5.75 Å². The number of anilines is 1. The van der Waals surface area contributed by atoms with E-state index in [-0.39, 0.29) is 18.0 Å². The Hall–Kier alpha value is -6.56. The molecule has 0 saturated carbocycles. The number of aryl methyl sites for hydroxylation is 1. The lowest BCUT2D eigenvalue weighted by Gasteiger charge is -2.19. The van der Waals surface area contributed by atoms with Crippen LogP contribution in [0.15, 0.2) is 95.2 Å². The Labute approximate surface area is 326 Å². The highest BCUT2D eigenvalue weighted by molar-refractivity contribution is 6.05. The molecule has 2 atom stereocenters. The van der Waals surface area contributed by atoms with Gasteiger partial charge in [-0.1, -0.05) is 24.3 Å². The van der Waals surface area contributed by atoms with Gasteiger partial charge in [-0.3, -0.25) is 19.6 Å². The SMILES string of the molecule is CNc1ccc(C2=CN3C(=O)c4cc(OC)c(OCCCOc5cc(N=CC6CC(c7ccc(OC)cc7)=CN6C=O)c(C)cc5OC)cc4N=CC3C2)cc1. The van der Waals surface area contributed by atoms with Crippen LogP contribution in [0.4, 0.5) is 17.1 Å². The maximum atomic E-state index is 13.8. The summed E-state index contributed by atoms with van der Waals surface area (Å²) in [6.07, 6.45) is 10.1. The van der Waals surface area contributed by atoms with E-state index in [0.717, 1.165) is 45.7 Å². The maximum Gasteiger partial charge on any atom is 0.260 e. The van der Waals surface area contributed by atoms with Crippen molar-refractivity contribution in [1.82, 2.24) is 9.80 Å². The molecular formula is C44H45N5O7. The molecule has 0 aliphatic carbocycles. The fourth-order valence-corrected chi connectivity index (χ4v) is 6.97. The lowest BCUT2D eigenvalue weighted by Crippen LogP contribution is -2.32. The second-order valence-electron chi connectivity index (χ2n) is 13.6. The number of hydrogen-bond acceptors (Lipinski definition) is 10. The van der Waals surface area contributed by atoms with Gasteiger partial charge in [0, 0.05) is 69.0 Å². The van der Waals surface area contributed by atoms with Crippen molar-refractivity contribution in [3.63, 3.8) is 0 Å². The Morgan fingerprint density at radius 1 is 0.821 bits per heavy atom. The Balaban J connectivity index is 0.968. The highest BCUT2D eigenvalue weighted by Gasteiger charge is 2.33. The van der Waals surface area contributed by atoms with Crippen LogP contribution in [-0.4, -0.2) is 88.2 Å². The molecule has 1 N–H and O–H groups in total. The molecule has 288 valence electrons. The van der Waals surface area contributed by atoms with Gasteiger partial charge in [0.15, 0.2) is 23.0 Å². The van der Waals surface area contributed by atoms with Crippen molar-refractivity contribution in [2.45, 2.75) is 38.3 Å². The second-order valence-corrected chi connectivity index (χ2v) is 13.6. The molecule has 2 unspecified atom stereocenters. The van der Waals surface area contributed by atoms with Crippen LogP contribution >= 0.6 is 0 Å². The Kier molecular flexibility index (Phi) is 11.4. The molecule has 3 heterocycles. The largest absolute Gasteiger partial charge is 0.497 e. The van der Waals surface area contributed by atoms with E-state index in [0.29, 0.717) is 72.4 Å². The molecule has 12 nitrogen and oxygen atoms in total. The molecule has 3 aliphatic heterocycles. The number of amides is 2. The number of fused-ring (bicyclic) bond motifs is 2. The maximum absolute atomic E-state index is 13.8. The minimum atomic E-state index is -0.227. The Bertz CT molecular complexity index is 2210. The zero-order chi connectivity index (χ0) is 39.2. The molecule has 3 aliphatic rings. The zero-order valence-corrected chi connectivity index (χ0v) is 32.2. The molecule has 2 amide bonds. The number of benzene rings is 4. The Morgan fingerprint density at radius 3 is 2.14 bits per heavy atom. The Morgan fingerprint density at radius 2 is 1.48 bits per heavy atom. The van der Waals surface area contributed by atoms with Crippen LogP contribution in [0.5, 0.6) is 28.7 Å². The van der Waals surface area contributed by atoms with Crippen molar-refractivity contribution >= 4 is 53.0 Å². The lowest BCUT2D eigenvalue weighted by molar-refractivity contribution is -0.116. The summed E-state index contributed by atoms with van der Waals surface area (Å²) in [6, 6.07) is 22.7. The van der Waals surface area contributed by atoms with Crippen molar-refractivity contribution in [3.8, 4) is 28.7 Å². The average molecular weight is 756 g/mol. The van der Waals surface area contributed by atoms with Crippen LogP contribution in [0.3, 0.4) is 0 Å². The molecule has 4 aromatic rings. The van der Waals surface area contributed by atoms with Gasteiger partial charge >= 0.3 is 0 Å². The fourth-order valence-electron chi connectivity index (χ4n) is 6.97. The van der Waals surface area contributed by atoms with Crippen LogP contribution in [-0.2, 0) is 4.79 Å². The van der Waals surface area contributed by atoms with E-state index in [1.807, 2.05) is 81.1 Å². The van der Waals surface area contributed by atoms with E-state index in [1.165, 1.54) is 0 Å². The molecule has 0 saturated heterocycles. The van der Waals surface area contributed by atoms with Crippen LogP contribution in [0, 0.1) is 6.92 Å². The first-order valence-corrected chi connectivity index (χ1v) is 18.5. The van der Waals surface area contributed by atoms with Gasteiger partial charge in [-0.25, -0.2) is 0 Å². The summed E-state index contributed by atoms with van der Waals surface area (Å²) in [5, 5.41) is 3.14. The third-order valence-corrected chi connectivity index (χ3v) is 10.1. The minimum Gasteiger partial charge on any atom is -0.497 e. The van der Waals surface area contributed by atoms with E-state index in [1.54, 1.807) is 49.5 Å². The standard InChI is InChI=1S/C44H45N5O7/c1-28-17-40(53-4)42(21-38(28)46-23-34-18-31(25-48(34)27-50)30-9-13-36(52-3)14-10-30)55-15-6-16-56-43-22-39-37(20-41(43)54-5)44(51)49-26-32(19-35(49)24-47-39)29-7-11-33(45-2)12-8-29/h7-14,17,20-27,34-35,45H,6,15-16,18-19H2,1-5H3. The van der Waals surface area contributed by atoms with Crippen LogP contribution in [0.2, 0.25) is 0 Å². The lowest BCUT2D eigenvalue weighted by atomic mass is 10.0. The highest BCUT2D eigenvalue weighted by atomic mass is 16.5. The monoisotopic (exact) mass is 755 g/mol. The van der Waals surface area contributed by atoms with Crippen LogP contribution in [0.1, 0.15) is 46.3 Å². The summed E-state index contributed by atoms with van der Waals surface area (Å²) in [7, 11) is 6.67. The summed E-state index contributed by atoms with van der Waals surface area (Å²) in [4.78, 5) is 38.6. The van der Waals surface area contributed by atoms with E-state index < -0.39 is 0 Å². The third-order valence-electron chi connectivity index (χ3n) is 10.1. The van der Waals surface area contributed by atoms with E-state index >= 15 is 0 Å². The van der Waals surface area contributed by atoms with Crippen molar-refractivity contribution in [1.29, 1.82) is 0 Å². The summed E-state index contributed by atoms with van der Waals surface area (Å²) in [6.45, 7) is 2.62. The van der Waals surface area contributed by atoms with Crippen molar-refractivity contribution < 1.29 is 33.3 Å². The van der Waals surface area contributed by atoms with Gasteiger partial charge in [-0.2, -0.15) is 0 Å². The number of carbonyl (C=O) groups excluding carboxylic acids is 2. The van der Waals surface area contributed by atoms with Gasteiger partial charge < -0.3 is 38.8 Å². The van der Waals surface area contributed by atoms with Crippen molar-refractivity contribution in [2.75, 3.05) is 46.9 Å². The van der Waals surface area contributed by atoms with E-state index in [9.17, 15) is 9.59 Å².